The van der Waals surface area contributed by atoms with E-state index in [9.17, 15) is 19.7 Å². The highest BCUT2D eigenvalue weighted by molar-refractivity contribution is 5.99. The van der Waals surface area contributed by atoms with Crippen molar-refractivity contribution in [2.45, 2.75) is 0 Å². The molecule has 0 heterocycles. The van der Waals surface area contributed by atoms with Crippen molar-refractivity contribution in [3.8, 4) is 5.75 Å². The Morgan fingerprint density at radius 2 is 2.11 bits per heavy atom. The summed E-state index contributed by atoms with van der Waals surface area (Å²) in [7, 11) is 2.49. The fraction of sp³-hybridized carbons (Fsp3) is 0.273. The van der Waals surface area contributed by atoms with Crippen molar-refractivity contribution in [3.63, 3.8) is 0 Å². The fourth-order valence-electron chi connectivity index (χ4n) is 1.53. The predicted molar refractivity (Wildman–Crippen MR) is 64.2 cm³/mol. The van der Waals surface area contributed by atoms with Crippen molar-refractivity contribution >= 4 is 17.6 Å². The van der Waals surface area contributed by atoms with E-state index in [4.69, 9.17) is 9.84 Å². The maximum atomic E-state index is 12.0. The quantitative estimate of drug-likeness (QED) is 0.623. The summed E-state index contributed by atoms with van der Waals surface area (Å²) >= 11 is 0. The Morgan fingerprint density at radius 1 is 1.47 bits per heavy atom. The maximum absolute atomic E-state index is 12.0. The summed E-state index contributed by atoms with van der Waals surface area (Å²) in [4.78, 5) is 33.6. The van der Waals surface area contributed by atoms with Gasteiger partial charge in [-0.15, -0.1) is 0 Å². The molecule has 0 radical (unpaired) electrons. The smallest absolute Gasteiger partial charge is 0.323 e. The number of aliphatic carboxylic acids is 1. The van der Waals surface area contributed by atoms with Crippen molar-refractivity contribution in [3.05, 3.63) is 33.9 Å². The fourth-order valence-corrected chi connectivity index (χ4v) is 1.53. The summed E-state index contributed by atoms with van der Waals surface area (Å²) in [6.07, 6.45) is 0. The Labute approximate surface area is 108 Å². The summed E-state index contributed by atoms with van der Waals surface area (Å²) in [5, 5.41) is 19.4. The number of nitrogens with zero attached hydrogens (tertiary/aromatic N) is 2. The van der Waals surface area contributed by atoms with Gasteiger partial charge in [0.1, 0.15) is 6.54 Å². The Morgan fingerprint density at radius 3 is 2.58 bits per heavy atom. The van der Waals surface area contributed by atoms with Gasteiger partial charge in [0.2, 0.25) is 5.75 Å². The topological polar surface area (TPSA) is 110 Å². The van der Waals surface area contributed by atoms with Crippen molar-refractivity contribution < 1.29 is 24.4 Å². The number of likely N-dealkylation sites (N-methyl/N-ethyl adjacent to an activating group) is 1. The molecule has 0 fully saturated rings. The molecule has 0 spiro atoms. The number of amides is 1. The second-order valence-corrected chi connectivity index (χ2v) is 3.67. The number of hydrogen-bond acceptors (Lipinski definition) is 5. The lowest BCUT2D eigenvalue weighted by Gasteiger charge is -2.16. The highest BCUT2D eigenvalue weighted by Crippen LogP contribution is 2.31. The van der Waals surface area contributed by atoms with Crippen LogP contribution in [0, 0.1) is 10.1 Å². The van der Waals surface area contributed by atoms with E-state index < -0.39 is 23.3 Å². The van der Waals surface area contributed by atoms with Gasteiger partial charge in [-0.25, -0.2) is 0 Å². The van der Waals surface area contributed by atoms with E-state index in [1.165, 1.54) is 32.4 Å². The van der Waals surface area contributed by atoms with Crippen LogP contribution in [0.3, 0.4) is 0 Å². The highest BCUT2D eigenvalue weighted by Gasteiger charge is 2.25. The second kappa shape index (κ2) is 5.80. The number of hydrogen-bond donors (Lipinski definition) is 1. The third kappa shape index (κ3) is 3.18. The number of rotatable bonds is 5. The minimum Gasteiger partial charge on any atom is -0.490 e. The van der Waals surface area contributed by atoms with Gasteiger partial charge in [0.25, 0.3) is 5.91 Å². The van der Waals surface area contributed by atoms with Gasteiger partial charge in [0.05, 0.1) is 17.6 Å². The molecule has 8 nitrogen and oxygen atoms in total. The average molecular weight is 268 g/mol. The van der Waals surface area contributed by atoms with Crippen molar-refractivity contribution in [1.82, 2.24) is 4.90 Å². The first-order valence-corrected chi connectivity index (χ1v) is 5.17. The van der Waals surface area contributed by atoms with Crippen LogP contribution in [0.4, 0.5) is 5.69 Å². The minimum absolute atomic E-state index is 0.0551. The molecule has 19 heavy (non-hydrogen) atoms. The van der Waals surface area contributed by atoms with Gasteiger partial charge in [-0.05, 0) is 6.07 Å². The lowest BCUT2D eigenvalue weighted by Crippen LogP contribution is -2.32. The van der Waals surface area contributed by atoms with Crippen LogP contribution in [-0.4, -0.2) is 47.5 Å². The largest absolute Gasteiger partial charge is 0.490 e. The Bertz CT molecular complexity index is 528. The Kier molecular flexibility index (Phi) is 4.41. The Balaban J connectivity index is 3.19. The highest BCUT2D eigenvalue weighted by atomic mass is 16.6. The number of nitro benzene ring substituents is 1. The van der Waals surface area contributed by atoms with Crippen molar-refractivity contribution in [1.29, 1.82) is 0 Å². The lowest BCUT2D eigenvalue weighted by atomic mass is 10.1. The monoisotopic (exact) mass is 268 g/mol. The van der Waals surface area contributed by atoms with Crippen molar-refractivity contribution in [2.24, 2.45) is 0 Å². The molecule has 0 aromatic heterocycles. The normalized spacial score (nSPS) is 9.79. The van der Waals surface area contributed by atoms with Crippen molar-refractivity contribution in [2.75, 3.05) is 20.7 Å². The molecule has 1 amide bonds. The first kappa shape index (κ1) is 14.4. The average Bonchev–Trinajstić information content (AvgIpc) is 2.35. The summed E-state index contributed by atoms with van der Waals surface area (Å²) < 4.78 is 4.88. The van der Waals surface area contributed by atoms with Crippen LogP contribution < -0.4 is 4.74 Å². The number of methoxy groups -OCH3 is 1. The zero-order chi connectivity index (χ0) is 14.6. The van der Waals surface area contributed by atoms with E-state index in [2.05, 4.69) is 0 Å². The van der Waals surface area contributed by atoms with E-state index >= 15 is 0 Å². The predicted octanol–water partition coefficient (Wildman–Crippen LogP) is 0.760. The summed E-state index contributed by atoms with van der Waals surface area (Å²) in [6, 6.07) is 3.88. The van der Waals surface area contributed by atoms with Gasteiger partial charge in [-0.3, -0.25) is 19.7 Å². The molecule has 1 aromatic carbocycles. The zero-order valence-electron chi connectivity index (χ0n) is 10.3. The molecule has 8 heteroatoms. The van der Waals surface area contributed by atoms with E-state index in [0.29, 0.717) is 0 Å². The van der Waals surface area contributed by atoms with Crippen LogP contribution in [0.25, 0.3) is 0 Å². The first-order valence-electron chi connectivity index (χ1n) is 5.17. The molecule has 0 unspecified atom stereocenters. The van der Waals surface area contributed by atoms with Crippen LogP contribution in [0.5, 0.6) is 5.75 Å². The van der Waals surface area contributed by atoms with Crippen LogP contribution in [0.1, 0.15) is 10.4 Å². The zero-order valence-corrected chi connectivity index (χ0v) is 10.3. The summed E-state index contributed by atoms with van der Waals surface area (Å²) in [5.74, 6) is -2.03. The molecule has 102 valence electrons. The van der Waals surface area contributed by atoms with Crippen LogP contribution in [-0.2, 0) is 4.79 Å². The molecule has 0 aliphatic rings. The van der Waals surface area contributed by atoms with E-state index in [0.717, 1.165) is 4.90 Å². The second-order valence-electron chi connectivity index (χ2n) is 3.67. The minimum atomic E-state index is -1.18. The summed E-state index contributed by atoms with van der Waals surface area (Å²) in [5.41, 5.74) is -0.405. The van der Waals surface area contributed by atoms with Gasteiger partial charge in [-0.1, -0.05) is 6.07 Å². The number of nitro groups is 1. The van der Waals surface area contributed by atoms with Crippen LogP contribution in [0.2, 0.25) is 0 Å². The third-order valence-electron chi connectivity index (χ3n) is 2.34. The third-order valence-corrected chi connectivity index (χ3v) is 2.34. The first-order chi connectivity index (χ1) is 8.88. The van der Waals surface area contributed by atoms with Crippen LogP contribution >= 0.6 is 0 Å². The SMILES string of the molecule is COc1c(C(=O)N(C)CC(=O)O)cccc1[N+](=O)[O-]. The molecule has 0 bridgehead atoms. The summed E-state index contributed by atoms with van der Waals surface area (Å²) in [6.45, 7) is -0.509. The van der Waals surface area contributed by atoms with Gasteiger partial charge in [-0.2, -0.15) is 0 Å². The number of carboxylic acids is 1. The molecule has 1 N–H and O–H groups in total. The molecular weight excluding hydrogens is 256 g/mol. The molecule has 0 atom stereocenters. The molecule has 1 rings (SSSR count). The lowest BCUT2D eigenvalue weighted by molar-refractivity contribution is -0.385. The Hall–Kier alpha value is -2.64. The number of benzene rings is 1. The number of carbonyl (C=O) groups excluding carboxylic acids is 1. The molecule has 0 aliphatic carbocycles. The molecule has 1 aromatic rings. The van der Waals surface area contributed by atoms with Gasteiger partial charge >= 0.3 is 11.7 Å². The van der Waals surface area contributed by atoms with E-state index in [-0.39, 0.29) is 17.0 Å². The molecule has 0 saturated heterocycles. The van der Waals surface area contributed by atoms with Gasteiger partial charge in [0.15, 0.2) is 0 Å². The van der Waals surface area contributed by atoms with E-state index in [1.807, 2.05) is 0 Å². The number of carboxylic acid groups (broad SMARTS) is 1. The van der Waals surface area contributed by atoms with E-state index in [1.54, 1.807) is 0 Å². The number of ether oxygens (including phenoxy) is 1. The molecule has 0 aliphatic heterocycles. The van der Waals surface area contributed by atoms with Crippen LogP contribution in [0.15, 0.2) is 18.2 Å². The molecular formula is C11H12N2O6. The van der Waals surface area contributed by atoms with Gasteiger partial charge in [0, 0.05) is 13.1 Å². The number of para-hydroxylation sites is 1. The maximum Gasteiger partial charge on any atom is 0.323 e. The van der Waals surface area contributed by atoms with Gasteiger partial charge < -0.3 is 14.7 Å². The molecule has 0 saturated carbocycles. The standard InChI is InChI=1S/C11H12N2O6/c1-12(6-9(14)15)11(16)7-4-3-5-8(13(17)18)10(7)19-2/h3-5H,6H2,1-2H3,(H,14,15). The number of carbonyl (C=O) groups is 2.